The molecular weight excluding hydrogens is 325 g/mol. The summed E-state index contributed by atoms with van der Waals surface area (Å²) >= 11 is 11.8. The topological polar surface area (TPSA) is 61.4 Å². The Morgan fingerprint density at radius 3 is 2.64 bits per heavy atom. The third-order valence-corrected chi connectivity index (χ3v) is 3.90. The number of rotatable bonds is 5. The monoisotopic (exact) mass is 343 g/mol. The average Bonchev–Trinajstić information content (AvgIpc) is 2.41. The fourth-order valence-electron chi connectivity index (χ4n) is 2.44. The molecule has 0 bridgehead atoms. The maximum atomic E-state index is 12.0. The lowest BCUT2D eigenvalue weighted by molar-refractivity contribution is -0.138. The van der Waals surface area contributed by atoms with Gasteiger partial charge in [0.2, 0.25) is 11.8 Å². The van der Waals surface area contributed by atoms with Crippen molar-refractivity contribution < 1.29 is 9.59 Å². The van der Waals surface area contributed by atoms with Crippen LogP contribution in [0.5, 0.6) is 0 Å². The Balaban J connectivity index is 1.88. The molecule has 0 aromatic heterocycles. The predicted octanol–water partition coefficient (Wildman–Crippen LogP) is 2.88. The van der Waals surface area contributed by atoms with Crippen molar-refractivity contribution in [1.82, 2.24) is 10.2 Å². The normalized spacial score (nSPS) is 18.4. The van der Waals surface area contributed by atoms with Gasteiger partial charge in [-0.15, -0.1) is 0 Å². The van der Waals surface area contributed by atoms with Crippen LogP contribution in [-0.4, -0.2) is 36.0 Å². The summed E-state index contributed by atoms with van der Waals surface area (Å²) in [6.45, 7) is 2.49. The van der Waals surface area contributed by atoms with Crippen LogP contribution in [0.3, 0.4) is 0 Å². The van der Waals surface area contributed by atoms with Crippen LogP contribution in [0.1, 0.15) is 26.2 Å². The molecule has 120 valence electrons. The highest BCUT2D eigenvalue weighted by Gasteiger charge is 2.26. The van der Waals surface area contributed by atoms with E-state index < -0.39 is 0 Å². The zero-order valence-corrected chi connectivity index (χ0v) is 13.9. The minimum absolute atomic E-state index is 0.00326. The first-order valence-corrected chi connectivity index (χ1v) is 8.00. The first-order valence-electron chi connectivity index (χ1n) is 7.25. The minimum atomic E-state index is -0.276. The van der Waals surface area contributed by atoms with Gasteiger partial charge in [-0.05, 0) is 24.6 Å². The molecule has 1 aliphatic rings. The van der Waals surface area contributed by atoms with Crippen molar-refractivity contribution in [2.45, 2.75) is 32.2 Å². The molecular formula is C15H19Cl2N3O2. The maximum Gasteiger partial charge on any atom is 0.244 e. The molecule has 1 fully saturated rings. The molecule has 0 spiro atoms. The number of anilines is 1. The standard InChI is InChI=1S/C15H19Cl2N3O2/c1-2-3-12-7-15(22)20(9-18-12)8-14(21)19-13-5-10(16)4-11(17)6-13/h4-6,12,18H,2-3,7-9H2,1H3,(H,19,21). The van der Waals surface area contributed by atoms with Gasteiger partial charge in [-0.25, -0.2) is 0 Å². The number of hydrogen-bond donors (Lipinski definition) is 2. The Labute approximate surface area is 139 Å². The van der Waals surface area contributed by atoms with Crippen LogP contribution in [0.2, 0.25) is 10.0 Å². The van der Waals surface area contributed by atoms with Crippen LogP contribution in [0.15, 0.2) is 18.2 Å². The molecule has 5 nitrogen and oxygen atoms in total. The van der Waals surface area contributed by atoms with Gasteiger partial charge in [0.1, 0.15) is 6.54 Å². The molecule has 2 N–H and O–H groups in total. The molecule has 1 atom stereocenters. The molecule has 0 saturated carbocycles. The lowest BCUT2D eigenvalue weighted by Crippen LogP contribution is -2.52. The number of halogens is 2. The lowest BCUT2D eigenvalue weighted by atomic mass is 10.1. The highest BCUT2D eigenvalue weighted by Crippen LogP contribution is 2.22. The molecule has 0 radical (unpaired) electrons. The van der Waals surface area contributed by atoms with Gasteiger partial charge in [-0.3, -0.25) is 14.9 Å². The number of nitrogens with one attached hydrogen (secondary N) is 2. The molecule has 1 aromatic carbocycles. The quantitative estimate of drug-likeness (QED) is 0.863. The van der Waals surface area contributed by atoms with Crippen molar-refractivity contribution in [2.24, 2.45) is 0 Å². The minimum Gasteiger partial charge on any atom is -0.324 e. The van der Waals surface area contributed by atoms with Crippen molar-refractivity contribution in [3.05, 3.63) is 28.2 Å². The van der Waals surface area contributed by atoms with Gasteiger partial charge < -0.3 is 10.2 Å². The van der Waals surface area contributed by atoms with Gasteiger partial charge in [-0.1, -0.05) is 36.5 Å². The molecule has 1 aromatic rings. The van der Waals surface area contributed by atoms with E-state index in [2.05, 4.69) is 17.6 Å². The summed E-state index contributed by atoms with van der Waals surface area (Å²) in [5.74, 6) is -0.279. The van der Waals surface area contributed by atoms with Gasteiger partial charge in [0.15, 0.2) is 0 Å². The second-order valence-corrected chi connectivity index (χ2v) is 6.22. The molecule has 2 rings (SSSR count). The van der Waals surface area contributed by atoms with Crippen molar-refractivity contribution in [1.29, 1.82) is 0 Å². The molecule has 22 heavy (non-hydrogen) atoms. The van der Waals surface area contributed by atoms with E-state index in [1.807, 2.05) is 0 Å². The molecule has 1 heterocycles. The fraction of sp³-hybridized carbons (Fsp3) is 0.467. The van der Waals surface area contributed by atoms with E-state index in [1.165, 1.54) is 4.90 Å². The highest BCUT2D eigenvalue weighted by atomic mass is 35.5. The van der Waals surface area contributed by atoms with Crippen LogP contribution >= 0.6 is 23.2 Å². The smallest absolute Gasteiger partial charge is 0.244 e. The van der Waals surface area contributed by atoms with Gasteiger partial charge in [-0.2, -0.15) is 0 Å². The Hall–Kier alpha value is -1.30. The molecule has 1 saturated heterocycles. The van der Waals surface area contributed by atoms with Crippen molar-refractivity contribution >= 4 is 40.7 Å². The third kappa shape index (κ3) is 4.87. The molecule has 0 aliphatic carbocycles. The Morgan fingerprint density at radius 2 is 2.05 bits per heavy atom. The Bertz CT molecular complexity index is 545. The van der Waals surface area contributed by atoms with Crippen LogP contribution < -0.4 is 10.6 Å². The number of carbonyl (C=O) groups is 2. The van der Waals surface area contributed by atoms with E-state index in [1.54, 1.807) is 18.2 Å². The largest absolute Gasteiger partial charge is 0.324 e. The molecule has 7 heteroatoms. The molecule has 2 amide bonds. The summed E-state index contributed by atoms with van der Waals surface area (Å²) in [6.07, 6.45) is 2.43. The highest BCUT2D eigenvalue weighted by molar-refractivity contribution is 6.35. The van der Waals surface area contributed by atoms with Gasteiger partial charge in [0, 0.05) is 28.2 Å². The van der Waals surface area contributed by atoms with Crippen LogP contribution in [0.4, 0.5) is 5.69 Å². The van der Waals surface area contributed by atoms with Crippen LogP contribution in [0, 0.1) is 0 Å². The number of hydrogen-bond acceptors (Lipinski definition) is 3. The summed E-state index contributed by atoms with van der Waals surface area (Å²) < 4.78 is 0. The number of benzene rings is 1. The van der Waals surface area contributed by atoms with Crippen molar-refractivity contribution in [3.63, 3.8) is 0 Å². The van der Waals surface area contributed by atoms with Crippen molar-refractivity contribution in [3.8, 4) is 0 Å². The third-order valence-electron chi connectivity index (χ3n) is 3.46. The first-order chi connectivity index (χ1) is 10.5. The Kier molecular flexibility index (Phi) is 6.06. The van der Waals surface area contributed by atoms with E-state index >= 15 is 0 Å². The van der Waals surface area contributed by atoms with Crippen LogP contribution in [-0.2, 0) is 9.59 Å². The first kappa shape index (κ1) is 17.1. The maximum absolute atomic E-state index is 12.0. The number of nitrogens with zero attached hydrogens (tertiary/aromatic N) is 1. The van der Waals surface area contributed by atoms with Gasteiger partial charge >= 0.3 is 0 Å². The summed E-state index contributed by atoms with van der Waals surface area (Å²) in [7, 11) is 0. The lowest BCUT2D eigenvalue weighted by Gasteiger charge is -2.32. The van der Waals surface area contributed by atoms with E-state index in [4.69, 9.17) is 23.2 Å². The Morgan fingerprint density at radius 1 is 1.36 bits per heavy atom. The zero-order chi connectivity index (χ0) is 16.1. The fourth-order valence-corrected chi connectivity index (χ4v) is 2.96. The van der Waals surface area contributed by atoms with E-state index in [9.17, 15) is 9.59 Å². The van der Waals surface area contributed by atoms with E-state index in [0.717, 1.165) is 12.8 Å². The summed E-state index contributed by atoms with van der Waals surface area (Å²) in [5, 5.41) is 6.86. The summed E-state index contributed by atoms with van der Waals surface area (Å²) in [6, 6.07) is 5.02. The van der Waals surface area contributed by atoms with E-state index in [-0.39, 0.29) is 24.4 Å². The van der Waals surface area contributed by atoms with Crippen LogP contribution in [0.25, 0.3) is 0 Å². The number of carbonyl (C=O) groups excluding carboxylic acids is 2. The predicted molar refractivity (Wildman–Crippen MR) is 88.1 cm³/mol. The molecule has 1 aliphatic heterocycles. The SMILES string of the molecule is CCCC1CC(=O)N(CC(=O)Nc2cc(Cl)cc(Cl)c2)CN1. The summed E-state index contributed by atoms with van der Waals surface area (Å²) in [5.41, 5.74) is 0.517. The molecule has 1 unspecified atom stereocenters. The second-order valence-electron chi connectivity index (χ2n) is 5.35. The zero-order valence-electron chi connectivity index (χ0n) is 12.4. The van der Waals surface area contributed by atoms with Gasteiger partial charge in [0.25, 0.3) is 0 Å². The van der Waals surface area contributed by atoms with E-state index in [0.29, 0.717) is 28.8 Å². The van der Waals surface area contributed by atoms with Crippen molar-refractivity contribution in [2.75, 3.05) is 18.5 Å². The second kappa shape index (κ2) is 7.81. The summed E-state index contributed by atoms with van der Waals surface area (Å²) in [4.78, 5) is 25.6. The average molecular weight is 344 g/mol. The number of amides is 2. The van der Waals surface area contributed by atoms with Gasteiger partial charge in [0.05, 0.1) is 6.67 Å².